The summed E-state index contributed by atoms with van der Waals surface area (Å²) in [4.78, 5) is 11.0. The van der Waals surface area contributed by atoms with Crippen LogP contribution in [0.15, 0.2) is 0 Å². The molecule has 0 aliphatic carbocycles. The van der Waals surface area contributed by atoms with E-state index in [0.29, 0.717) is 12.8 Å². The Kier molecular flexibility index (Phi) is 7.66. The zero-order valence-corrected chi connectivity index (χ0v) is 13.1. The fourth-order valence-electron chi connectivity index (χ4n) is 1.06. The van der Waals surface area contributed by atoms with Gasteiger partial charge in [-0.2, -0.15) is 17.6 Å². The van der Waals surface area contributed by atoms with Crippen molar-refractivity contribution in [3.8, 4) is 0 Å². The van der Waals surface area contributed by atoms with E-state index < -0.39 is 40.3 Å². The van der Waals surface area contributed by atoms with Crippen LogP contribution in [0.4, 0.5) is 17.6 Å². The van der Waals surface area contributed by atoms with E-state index in [1.54, 1.807) is 0 Å². The highest BCUT2D eigenvalue weighted by Crippen LogP contribution is 2.40. The third-order valence-electron chi connectivity index (χ3n) is 2.18. The lowest BCUT2D eigenvalue weighted by Crippen LogP contribution is -2.47. The van der Waals surface area contributed by atoms with Crippen LogP contribution in [0.3, 0.4) is 0 Å². The molecule has 0 aromatic rings. The van der Waals surface area contributed by atoms with Gasteiger partial charge in [0.15, 0.2) is 10.1 Å². The number of hydrogen-bond acceptors (Lipinski definition) is 5. The molecule has 0 radical (unpaired) electrons. The first-order valence-corrected chi connectivity index (χ1v) is 8.32. The molecule has 0 aromatic carbocycles. The Hall–Kier alpha value is -0.170. The Balaban J connectivity index is 4.34. The highest BCUT2D eigenvalue weighted by atomic mass is 127. The average Bonchev–Trinajstić information content (AvgIpc) is 2.27. The van der Waals surface area contributed by atoms with Gasteiger partial charge in [-0.1, -0.05) is 22.6 Å². The zero-order chi connectivity index (χ0) is 16.0. The predicted molar refractivity (Wildman–Crippen MR) is 67.9 cm³/mol. The lowest BCUT2D eigenvalue weighted by atomic mass is 10.2. The summed E-state index contributed by atoms with van der Waals surface area (Å²) in [6.45, 7) is -1.10. The predicted octanol–water partition coefficient (Wildman–Crippen LogP) is 2.30. The highest BCUT2D eigenvalue weighted by Gasteiger charge is 2.61. The van der Waals surface area contributed by atoms with Gasteiger partial charge in [0.2, 0.25) is 0 Å². The number of rotatable bonds is 9. The van der Waals surface area contributed by atoms with Crippen LogP contribution in [0.25, 0.3) is 0 Å². The topological polar surface area (TPSA) is 83.5 Å². The molecular formula is C9H12F4IO5S-. The molecule has 0 N–H and O–H groups in total. The van der Waals surface area contributed by atoms with E-state index in [0.717, 1.165) is 4.43 Å². The fourth-order valence-corrected chi connectivity index (χ4v) is 2.06. The van der Waals surface area contributed by atoms with Gasteiger partial charge >= 0.3 is 17.1 Å². The molecular weight excluding hydrogens is 423 g/mol. The smallest absolute Gasteiger partial charge is 0.396 e. The van der Waals surface area contributed by atoms with Crippen molar-refractivity contribution in [3.63, 3.8) is 0 Å². The van der Waals surface area contributed by atoms with Crippen LogP contribution in [0, 0.1) is 0 Å². The Morgan fingerprint density at radius 3 is 2.20 bits per heavy atom. The van der Waals surface area contributed by atoms with Gasteiger partial charge in [-0.25, -0.2) is 8.42 Å². The summed E-state index contributed by atoms with van der Waals surface area (Å²) in [6.07, 6.45) is -0.633. The molecule has 0 saturated heterocycles. The van der Waals surface area contributed by atoms with Crippen molar-refractivity contribution in [2.75, 3.05) is 11.0 Å². The number of hydrogen-bond donors (Lipinski definition) is 0. The number of ether oxygens (including phenoxy) is 1. The van der Waals surface area contributed by atoms with Crippen molar-refractivity contribution in [1.82, 2.24) is 0 Å². The summed E-state index contributed by atoms with van der Waals surface area (Å²) >= 11 is 2.07. The molecule has 120 valence electrons. The zero-order valence-electron chi connectivity index (χ0n) is 10.1. The van der Waals surface area contributed by atoms with Crippen molar-refractivity contribution in [2.24, 2.45) is 0 Å². The standard InChI is InChI=1S/C9H13F4IO5S/c10-8(11,9(12,13)20(16,17)18)4-6-19-7(15)3-1-2-5-14/h1-6H2,(H,16,17,18)/p-1. The largest absolute Gasteiger partial charge is 0.743 e. The molecule has 0 bridgehead atoms. The second kappa shape index (κ2) is 7.73. The van der Waals surface area contributed by atoms with E-state index in [2.05, 4.69) is 27.3 Å². The van der Waals surface area contributed by atoms with Gasteiger partial charge < -0.3 is 9.29 Å². The SMILES string of the molecule is O=C(CCCCI)OCCC(F)(F)C(F)(F)S(=O)(=O)[O-]. The minimum absolute atomic E-state index is 0.0508. The molecule has 0 heterocycles. The van der Waals surface area contributed by atoms with Crippen LogP contribution >= 0.6 is 22.6 Å². The number of esters is 1. The summed E-state index contributed by atoms with van der Waals surface area (Å²) in [6, 6.07) is 0. The molecule has 0 unspecified atom stereocenters. The molecule has 0 saturated carbocycles. The molecule has 5 nitrogen and oxygen atoms in total. The van der Waals surface area contributed by atoms with E-state index in [4.69, 9.17) is 0 Å². The monoisotopic (exact) mass is 435 g/mol. The third-order valence-corrected chi connectivity index (χ3v) is 3.87. The number of alkyl halides is 5. The summed E-state index contributed by atoms with van der Waals surface area (Å²) in [5.41, 5.74) is 0. The van der Waals surface area contributed by atoms with Crippen LogP contribution in [0.2, 0.25) is 0 Å². The molecule has 0 atom stereocenters. The maximum absolute atomic E-state index is 12.9. The van der Waals surface area contributed by atoms with Crippen LogP contribution in [-0.4, -0.2) is 41.2 Å². The van der Waals surface area contributed by atoms with E-state index in [-0.39, 0.29) is 6.42 Å². The summed E-state index contributed by atoms with van der Waals surface area (Å²) in [7, 11) is -6.50. The minimum atomic E-state index is -6.50. The van der Waals surface area contributed by atoms with E-state index in [1.807, 2.05) is 0 Å². The van der Waals surface area contributed by atoms with Gasteiger partial charge in [-0.15, -0.1) is 0 Å². The molecule has 0 rings (SSSR count). The fraction of sp³-hybridized carbons (Fsp3) is 0.889. The van der Waals surface area contributed by atoms with Crippen molar-refractivity contribution < 1.29 is 40.1 Å². The summed E-state index contributed by atoms with van der Waals surface area (Å²) < 4.78 is 86.5. The Labute approximate surface area is 126 Å². The van der Waals surface area contributed by atoms with Gasteiger partial charge in [0, 0.05) is 6.42 Å². The van der Waals surface area contributed by atoms with Crippen molar-refractivity contribution in [1.29, 1.82) is 0 Å². The number of halogens is 5. The summed E-state index contributed by atoms with van der Waals surface area (Å²) in [5, 5.41) is -5.74. The van der Waals surface area contributed by atoms with E-state index >= 15 is 0 Å². The molecule has 0 aromatic heterocycles. The Bertz CT molecular complexity index is 426. The molecule has 0 aliphatic heterocycles. The third kappa shape index (κ3) is 5.68. The second-order valence-corrected chi connectivity index (χ2v) is 6.29. The second-order valence-electron chi connectivity index (χ2n) is 3.79. The number of unbranched alkanes of at least 4 members (excludes halogenated alkanes) is 1. The van der Waals surface area contributed by atoms with Crippen LogP contribution in [0.1, 0.15) is 25.7 Å². The molecule has 11 heteroatoms. The minimum Gasteiger partial charge on any atom is -0.743 e. The first-order chi connectivity index (χ1) is 8.95. The quantitative estimate of drug-likeness (QED) is 0.139. The van der Waals surface area contributed by atoms with Crippen LogP contribution in [0.5, 0.6) is 0 Å². The van der Waals surface area contributed by atoms with Crippen molar-refractivity contribution in [2.45, 2.75) is 36.9 Å². The average molecular weight is 435 g/mol. The number of carbonyl (C=O) groups excluding carboxylic acids is 1. The number of carbonyl (C=O) groups is 1. The molecule has 0 amide bonds. The van der Waals surface area contributed by atoms with Gasteiger partial charge in [0.1, 0.15) is 0 Å². The van der Waals surface area contributed by atoms with E-state index in [1.165, 1.54) is 0 Å². The van der Waals surface area contributed by atoms with Crippen LogP contribution in [-0.2, 0) is 19.6 Å². The maximum atomic E-state index is 12.9. The molecule has 0 spiro atoms. The maximum Gasteiger partial charge on any atom is 0.396 e. The van der Waals surface area contributed by atoms with Gasteiger partial charge in [-0.05, 0) is 17.3 Å². The lowest BCUT2D eigenvalue weighted by Gasteiger charge is -2.28. The Morgan fingerprint density at radius 1 is 1.20 bits per heavy atom. The first-order valence-electron chi connectivity index (χ1n) is 5.38. The van der Waals surface area contributed by atoms with Crippen LogP contribution < -0.4 is 0 Å². The van der Waals surface area contributed by atoms with Gasteiger partial charge in [0.25, 0.3) is 0 Å². The lowest BCUT2D eigenvalue weighted by molar-refractivity contribution is -0.174. The molecule has 0 aliphatic rings. The van der Waals surface area contributed by atoms with Crippen molar-refractivity contribution in [3.05, 3.63) is 0 Å². The normalized spacial score (nSPS) is 13.3. The van der Waals surface area contributed by atoms with Gasteiger partial charge in [-0.3, -0.25) is 4.79 Å². The molecule has 0 fully saturated rings. The first kappa shape index (κ1) is 19.8. The van der Waals surface area contributed by atoms with Crippen molar-refractivity contribution >= 4 is 38.7 Å². The van der Waals surface area contributed by atoms with E-state index in [9.17, 15) is 35.3 Å². The Morgan fingerprint density at radius 2 is 1.75 bits per heavy atom. The summed E-state index contributed by atoms with van der Waals surface area (Å²) in [5.74, 6) is -5.95. The van der Waals surface area contributed by atoms with Gasteiger partial charge in [0.05, 0.1) is 13.0 Å². The highest BCUT2D eigenvalue weighted by molar-refractivity contribution is 14.1. The molecule has 20 heavy (non-hydrogen) atoms.